The van der Waals surface area contributed by atoms with Gasteiger partial charge in [-0.15, -0.1) is 0 Å². The summed E-state index contributed by atoms with van der Waals surface area (Å²) < 4.78 is 10.7. The third-order valence-electron chi connectivity index (χ3n) is 2.87. The zero-order chi connectivity index (χ0) is 15.7. The molecule has 1 rings (SSSR count). The third-order valence-corrected chi connectivity index (χ3v) is 2.87. The molecular formula is C16H20O5. The number of hydrogen-bond donors (Lipinski definition) is 1. The van der Waals surface area contributed by atoms with Crippen LogP contribution in [0.25, 0.3) is 0 Å². The lowest BCUT2D eigenvalue weighted by Gasteiger charge is -2.16. The maximum Gasteiger partial charge on any atom is 0.335 e. The van der Waals surface area contributed by atoms with Gasteiger partial charge in [0.15, 0.2) is 0 Å². The molecule has 0 amide bonds. The monoisotopic (exact) mass is 292 g/mol. The first-order chi connectivity index (χ1) is 10.1. The minimum Gasteiger partial charge on any atom is -0.493 e. The molecule has 1 N–H and O–H groups in total. The summed E-state index contributed by atoms with van der Waals surface area (Å²) in [5.41, 5.74) is 0.214. The van der Waals surface area contributed by atoms with Gasteiger partial charge < -0.3 is 14.6 Å². The van der Waals surface area contributed by atoms with Crippen molar-refractivity contribution in [1.29, 1.82) is 0 Å². The first-order valence-corrected chi connectivity index (χ1v) is 6.86. The van der Waals surface area contributed by atoms with E-state index < -0.39 is 11.9 Å². The molecule has 0 heterocycles. The van der Waals surface area contributed by atoms with Crippen LogP contribution in [-0.4, -0.2) is 29.8 Å². The molecule has 0 saturated heterocycles. The molecule has 0 aliphatic rings. The van der Waals surface area contributed by atoms with Crippen molar-refractivity contribution in [2.45, 2.75) is 32.3 Å². The van der Waals surface area contributed by atoms with Crippen molar-refractivity contribution in [1.82, 2.24) is 0 Å². The van der Waals surface area contributed by atoms with E-state index in [1.165, 1.54) is 12.1 Å². The van der Waals surface area contributed by atoms with Gasteiger partial charge in [-0.1, -0.05) is 19.9 Å². The van der Waals surface area contributed by atoms with Crippen LogP contribution >= 0.6 is 0 Å². The number of benzene rings is 1. The second-order valence-electron chi connectivity index (χ2n) is 4.52. The molecule has 1 atom stereocenters. The van der Waals surface area contributed by atoms with Gasteiger partial charge in [0.2, 0.25) is 0 Å². The van der Waals surface area contributed by atoms with Crippen molar-refractivity contribution in [3.63, 3.8) is 0 Å². The molecule has 0 saturated carbocycles. The predicted octanol–water partition coefficient (Wildman–Crippen LogP) is 3.05. The summed E-state index contributed by atoms with van der Waals surface area (Å²) in [5.74, 6) is -0.814. The fraction of sp³-hybridized carbons (Fsp3) is 0.375. The second-order valence-corrected chi connectivity index (χ2v) is 4.52. The Hall–Kier alpha value is -2.30. The minimum atomic E-state index is -0.971. The summed E-state index contributed by atoms with van der Waals surface area (Å²) >= 11 is 0. The molecule has 0 fully saturated rings. The number of esters is 1. The Morgan fingerprint density at radius 2 is 1.95 bits per heavy atom. The maximum absolute atomic E-state index is 11.2. The Morgan fingerprint density at radius 1 is 1.29 bits per heavy atom. The Morgan fingerprint density at radius 3 is 2.48 bits per heavy atom. The third kappa shape index (κ3) is 6.12. The van der Waals surface area contributed by atoms with Gasteiger partial charge in [-0.2, -0.15) is 0 Å². The average molecular weight is 292 g/mol. The van der Waals surface area contributed by atoms with Crippen LogP contribution in [0, 0.1) is 0 Å². The number of hydrogen-bond acceptors (Lipinski definition) is 4. The van der Waals surface area contributed by atoms with Gasteiger partial charge in [0, 0.05) is 12.5 Å². The van der Waals surface area contributed by atoms with Gasteiger partial charge in [-0.3, -0.25) is 0 Å². The highest BCUT2D eigenvalue weighted by atomic mass is 16.5. The first-order valence-electron chi connectivity index (χ1n) is 6.86. The molecule has 0 radical (unpaired) electrons. The summed E-state index contributed by atoms with van der Waals surface area (Å²) in [6.45, 7) is 5.77. The number of rotatable bonds is 9. The van der Waals surface area contributed by atoms with Gasteiger partial charge in [0.25, 0.3) is 0 Å². The smallest absolute Gasteiger partial charge is 0.335 e. The van der Waals surface area contributed by atoms with E-state index in [2.05, 4.69) is 6.58 Å². The molecule has 21 heavy (non-hydrogen) atoms. The minimum absolute atomic E-state index is 0.196. The molecule has 1 aromatic carbocycles. The summed E-state index contributed by atoms with van der Waals surface area (Å²) in [5, 5.41) is 8.79. The van der Waals surface area contributed by atoms with Gasteiger partial charge in [-0.25, -0.2) is 9.59 Å². The van der Waals surface area contributed by atoms with Crippen LogP contribution in [0.2, 0.25) is 0 Å². The van der Waals surface area contributed by atoms with E-state index in [0.717, 1.165) is 18.9 Å². The summed E-state index contributed by atoms with van der Waals surface area (Å²) in [4.78, 5) is 21.9. The number of aromatic carboxylic acids is 1. The molecule has 5 nitrogen and oxygen atoms in total. The lowest BCUT2D eigenvalue weighted by molar-refractivity contribution is -0.143. The topological polar surface area (TPSA) is 72.8 Å². The maximum atomic E-state index is 11.2. The van der Waals surface area contributed by atoms with Crippen molar-refractivity contribution in [3.05, 3.63) is 42.5 Å². The number of carbonyl (C=O) groups is 2. The highest BCUT2D eigenvalue weighted by Gasteiger charge is 2.12. The Labute approximate surface area is 124 Å². The molecule has 114 valence electrons. The van der Waals surface area contributed by atoms with Gasteiger partial charge >= 0.3 is 11.9 Å². The SMILES string of the molecule is C=CC(=O)OC(CCC)CCOc1ccc(C(=O)O)cc1. The molecule has 0 aliphatic carbocycles. The Kier molecular flexibility index (Phi) is 7.01. The highest BCUT2D eigenvalue weighted by Crippen LogP contribution is 2.14. The van der Waals surface area contributed by atoms with E-state index in [4.69, 9.17) is 14.6 Å². The molecule has 1 unspecified atom stereocenters. The van der Waals surface area contributed by atoms with E-state index in [1.807, 2.05) is 6.92 Å². The fourth-order valence-electron chi connectivity index (χ4n) is 1.80. The molecule has 5 heteroatoms. The quantitative estimate of drug-likeness (QED) is 0.559. The van der Waals surface area contributed by atoms with E-state index in [-0.39, 0.29) is 11.7 Å². The number of ether oxygens (including phenoxy) is 2. The number of carbonyl (C=O) groups excluding carboxylic acids is 1. The van der Waals surface area contributed by atoms with Crippen LogP contribution in [0.3, 0.4) is 0 Å². The summed E-state index contributed by atoms with van der Waals surface area (Å²) in [6.07, 6.45) is 3.20. The van der Waals surface area contributed by atoms with Crippen molar-refractivity contribution in [2.24, 2.45) is 0 Å². The van der Waals surface area contributed by atoms with Crippen LogP contribution in [0.4, 0.5) is 0 Å². The zero-order valence-electron chi connectivity index (χ0n) is 12.1. The van der Waals surface area contributed by atoms with Crippen LogP contribution in [-0.2, 0) is 9.53 Å². The van der Waals surface area contributed by atoms with Gasteiger partial charge in [0.1, 0.15) is 11.9 Å². The van der Waals surface area contributed by atoms with Crippen LogP contribution in [0.5, 0.6) is 5.75 Å². The average Bonchev–Trinajstić information content (AvgIpc) is 2.47. The first kappa shape index (κ1) is 16.8. The molecule has 0 spiro atoms. The lowest BCUT2D eigenvalue weighted by atomic mass is 10.1. The van der Waals surface area contributed by atoms with E-state index in [9.17, 15) is 9.59 Å². The standard InChI is InChI=1S/C16H20O5/c1-3-5-14(21-15(17)4-2)10-11-20-13-8-6-12(7-9-13)16(18)19/h4,6-9,14H,2-3,5,10-11H2,1H3,(H,18,19). The molecule has 0 aromatic heterocycles. The largest absolute Gasteiger partial charge is 0.493 e. The second kappa shape index (κ2) is 8.79. The highest BCUT2D eigenvalue weighted by molar-refractivity contribution is 5.87. The molecule has 1 aromatic rings. The van der Waals surface area contributed by atoms with E-state index in [1.54, 1.807) is 12.1 Å². The fourth-order valence-corrected chi connectivity index (χ4v) is 1.80. The van der Waals surface area contributed by atoms with Gasteiger partial charge in [0.05, 0.1) is 12.2 Å². The van der Waals surface area contributed by atoms with Crippen LogP contribution in [0.1, 0.15) is 36.5 Å². The lowest BCUT2D eigenvalue weighted by Crippen LogP contribution is -2.19. The van der Waals surface area contributed by atoms with Crippen molar-refractivity contribution >= 4 is 11.9 Å². The predicted molar refractivity (Wildman–Crippen MR) is 78.5 cm³/mol. The van der Waals surface area contributed by atoms with Crippen LogP contribution < -0.4 is 4.74 Å². The summed E-state index contributed by atoms with van der Waals surface area (Å²) in [6, 6.07) is 6.18. The van der Waals surface area contributed by atoms with Crippen molar-refractivity contribution < 1.29 is 24.2 Å². The van der Waals surface area contributed by atoms with Crippen molar-refractivity contribution in [3.8, 4) is 5.75 Å². The zero-order valence-corrected chi connectivity index (χ0v) is 12.1. The Balaban J connectivity index is 2.43. The molecule has 0 bridgehead atoms. The van der Waals surface area contributed by atoms with Gasteiger partial charge in [-0.05, 0) is 30.7 Å². The number of carboxylic acid groups (broad SMARTS) is 1. The molecule has 0 aliphatic heterocycles. The van der Waals surface area contributed by atoms with Crippen molar-refractivity contribution in [2.75, 3.05) is 6.61 Å². The van der Waals surface area contributed by atoms with E-state index >= 15 is 0 Å². The molecular weight excluding hydrogens is 272 g/mol. The Bertz CT molecular complexity index is 478. The number of carboxylic acids is 1. The normalized spacial score (nSPS) is 11.5. The van der Waals surface area contributed by atoms with E-state index in [0.29, 0.717) is 18.8 Å². The summed E-state index contributed by atoms with van der Waals surface area (Å²) in [7, 11) is 0. The van der Waals surface area contributed by atoms with Crippen LogP contribution in [0.15, 0.2) is 36.9 Å².